The Balaban J connectivity index is 1.32. The molecule has 2 N–H and O–H groups in total. The van der Waals surface area contributed by atoms with E-state index in [0.29, 0.717) is 33.2 Å². The average molecular weight is 706 g/mol. The number of phenols is 1. The average Bonchev–Trinajstić information content (AvgIpc) is 3.50. The summed E-state index contributed by atoms with van der Waals surface area (Å²) in [6.45, 7) is 0.124. The highest BCUT2D eigenvalue weighted by molar-refractivity contribution is 6.30. The minimum absolute atomic E-state index is 0.0845. The molecule has 0 radical (unpaired) electrons. The van der Waals surface area contributed by atoms with Crippen LogP contribution in [-0.2, 0) is 31.1 Å². The maximum atomic E-state index is 15.2. The molecule has 0 spiro atoms. The third kappa shape index (κ3) is 5.03. The molecule has 2 aliphatic heterocycles. The Kier molecular flexibility index (Phi) is 7.94. The number of amides is 4. The Bertz CT molecular complexity index is 2110. The van der Waals surface area contributed by atoms with Gasteiger partial charge in [0.25, 0.3) is 11.8 Å². The number of carbonyl (C=O) groups excluding carboxylic acids is 4. The van der Waals surface area contributed by atoms with Crippen LogP contribution < -0.4 is 10.2 Å². The van der Waals surface area contributed by atoms with Gasteiger partial charge in [0.2, 0.25) is 11.8 Å². The molecular formula is C40H33ClFN3O6. The lowest BCUT2D eigenvalue weighted by Crippen LogP contribution is -2.53. The normalized spacial score (nSPS) is 26.8. The van der Waals surface area contributed by atoms with Gasteiger partial charge in [-0.25, -0.2) is 4.39 Å². The fraction of sp³-hybridized carbons (Fsp3) is 0.250. The topological polar surface area (TPSA) is 116 Å². The van der Waals surface area contributed by atoms with E-state index in [9.17, 15) is 23.9 Å². The lowest BCUT2D eigenvalue weighted by molar-refractivity contribution is -0.142. The Labute approximate surface area is 298 Å². The Morgan fingerprint density at radius 3 is 2.33 bits per heavy atom. The molecule has 4 aromatic rings. The van der Waals surface area contributed by atoms with E-state index in [1.54, 1.807) is 36.4 Å². The third-order valence-corrected chi connectivity index (χ3v) is 11.3. The van der Waals surface area contributed by atoms with E-state index < -0.39 is 52.6 Å². The largest absolute Gasteiger partial charge is 0.508 e. The Hall–Kier alpha value is -5.48. The molecule has 0 aromatic heterocycles. The van der Waals surface area contributed by atoms with Gasteiger partial charge in [-0.05, 0) is 84.5 Å². The van der Waals surface area contributed by atoms with Crippen LogP contribution in [0.1, 0.15) is 35.4 Å². The van der Waals surface area contributed by atoms with Crippen LogP contribution in [0.25, 0.3) is 0 Å². The molecule has 4 aromatic carbocycles. The van der Waals surface area contributed by atoms with Gasteiger partial charge < -0.3 is 9.84 Å². The molecule has 51 heavy (non-hydrogen) atoms. The van der Waals surface area contributed by atoms with Crippen LogP contribution in [0.5, 0.6) is 11.5 Å². The SMILES string of the molecule is COc1ccc(O)c([C@H]2C3=CC[C@@H]4C(=O)N(Cc5ccccc5)C(=O)[C@@H]4[C@@H]3C[C@H]3C(=O)N(Nc4ccc(F)cc4)C(=O)[C@@]23c2ccc(Cl)cc2)c1. The highest BCUT2D eigenvalue weighted by Crippen LogP contribution is 2.65. The number of nitrogens with one attached hydrogen (secondary N) is 1. The number of phenolic OH excluding ortho intramolecular Hbond substituents is 1. The first kappa shape index (κ1) is 32.7. The summed E-state index contributed by atoms with van der Waals surface area (Å²) < 4.78 is 19.4. The molecule has 4 amide bonds. The minimum Gasteiger partial charge on any atom is -0.508 e. The van der Waals surface area contributed by atoms with E-state index in [4.69, 9.17) is 16.3 Å². The number of carbonyl (C=O) groups is 4. The number of halogens is 2. The van der Waals surface area contributed by atoms with E-state index in [2.05, 4.69) is 5.43 Å². The van der Waals surface area contributed by atoms with Crippen molar-refractivity contribution in [3.05, 3.63) is 136 Å². The number of rotatable bonds is 7. The van der Waals surface area contributed by atoms with E-state index >= 15 is 4.79 Å². The molecular weight excluding hydrogens is 673 g/mol. The molecule has 2 aliphatic carbocycles. The van der Waals surface area contributed by atoms with Crippen molar-refractivity contribution >= 4 is 40.9 Å². The smallest absolute Gasteiger partial charge is 0.260 e. The molecule has 9 nitrogen and oxygen atoms in total. The number of anilines is 1. The number of imide groups is 2. The fourth-order valence-corrected chi connectivity index (χ4v) is 9.00. The molecule has 11 heteroatoms. The van der Waals surface area contributed by atoms with Gasteiger partial charge in [-0.2, -0.15) is 5.01 Å². The van der Waals surface area contributed by atoms with Crippen molar-refractivity contribution in [1.82, 2.24) is 9.91 Å². The van der Waals surface area contributed by atoms with Crippen molar-refractivity contribution in [1.29, 1.82) is 0 Å². The van der Waals surface area contributed by atoms with E-state index in [1.165, 1.54) is 42.3 Å². The molecule has 1 saturated carbocycles. The molecule has 0 bridgehead atoms. The Morgan fingerprint density at radius 2 is 1.63 bits per heavy atom. The quantitative estimate of drug-likeness (QED) is 0.169. The van der Waals surface area contributed by atoms with Crippen molar-refractivity contribution in [3.63, 3.8) is 0 Å². The van der Waals surface area contributed by atoms with E-state index in [1.807, 2.05) is 36.4 Å². The molecule has 8 rings (SSSR count). The molecule has 4 aliphatic rings. The highest BCUT2D eigenvalue weighted by Gasteiger charge is 2.70. The lowest BCUT2D eigenvalue weighted by Gasteiger charge is -2.50. The number of likely N-dealkylation sites (tertiary alicyclic amines) is 1. The number of hydrazine groups is 1. The van der Waals surface area contributed by atoms with Crippen LogP contribution in [0.2, 0.25) is 5.02 Å². The van der Waals surface area contributed by atoms with Gasteiger partial charge in [-0.3, -0.25) is 29.5 Å². The molecule has 2 saturated heterocycles. The number of fused-ring (bicyclic) bond motifs is 4. The van der Waals surface area contributed by atoms with Gasteiger partial charge in [0.1, 0.15) is 17.3 Å². The lowest BCUT2D eigenvalue weighted by atomic mass is 9.49. The predicted octanol–water partition coefficient (Wildman–Crippen LogP) is 6.38. The number of allylic oxidation sites excluding steroid dienone is 2. The van der Waals surface area contributed by atoms with E-state index in [0.717, 1.165) is 10.6 Å². The minimum atomic E-state index is -1.62. The van der Waals surface area contributed by atoms with Gasteiger partial charge in [0, 0.05) is 16.5 Å². The Morgan fingerprint density at radius 1 is 0.902 bits per heavy atom. The molecule has 258 valence electrons. The number of nitrogens with zero attached hydrogens (tertiary/aromatic N) is 2. The zero-order chi connectivity index (χ0) is 35.6. The monoisotopic (exact) mass is 705 g/mol. The first-order chi connectivity index (χ1) is 24.6. The summed E-state index contributed by atoms with van der Waals surface area (Å²) in [7, 11) is 1.49. The predicted molar refractivity (Wildman–Crippen MR) is 186 cm³/mol. The van der Waals surface area contributed by atoms with Crippen LogP contribution in [0, 0.1) is 29.5 Å². The number of aromatic hydroxyl groups is 1. The first-order valence-corrected chi connectivity index (χ1v) is 17.1. The second kappa shape index (κ2) is 12.4. The summed E-state index contributed by atoms with van der Waals surface area (Å²) in [5.74, 6) is -5.94. The summed E-state index contributed by atoms with van der Waals surface area (Å²) in [4.78, 5) is 59.5. The van der Waals surface area contributed by atoms with Crippen molar-refractivity contribution in [2.24, 2.45) is 23.7 Å². The number of hydrogen-bond acceptors (Lipinski definition) is 7. The fourth-order valence-electron chi connectivity index (χ4n) is 8.88. The number of hydrogen-bond donors (Lipinski definition) is 2. The van der Waals surface area contributed by atoms with Crippen LogP contribution >= 0.6 is 11.6 Å². The number of ether oxygens (including phenoxy) is 1. The molecule has 3 fully saturated rings. The number of methoxy groups -OCH3 is 1. The molecule has 2 heterocycles. The van der Waals surface area contributed by atoms with Crippen LogP contribution in [0.3, 0.4) is 0 Å². The summed E-state index contributed by atoms with van der Waals surface area (Å²) in [6.07, 6.45) is 2.25. The van der Waals surface area contributed by atoms with Crippen molar-refractivity contribution in [3.8, 4) is 11.5 Å². The van der Waals surface area contributed by atoms with Gasteiger partial charge in [-0.1, -0.05) is 65.7 Å². The first-order valence-electron chi connectivity index (χ1n) is 16.8. The van der Waals surface area contributed by atoms with Gasteiger partial charge in [-0.15, -0.1) is 0 Å². The summed E-state index contributed by atoms with van der Waals surface area (Å²) in [6, 6.07) is 26.0. The second-order valence-corrected chi connectivity index (χ2v) is 14.0. The summed E-state index contributed by atoms with van der Waals surface area (Å²) in [5, 5.41) is 13.0. The molecule has 0 unspecified atom stereocenters. The maximum Gasteiger partial charge on any atom is 0.260 e. The van der Waals surface area contributed by atoms with Crippen molar-refractivity contribution in [2.45, 2.75) is 30.7 Å². The highest BCUT2D eigenvalue weighted by atomic mass is 35.5. The summed E-state index contributed by atoms with van der Waals surface area (Å²) >= 11 is 6.35. The van der Waals surface area contributed by atoms with Gasteiger partial charge in [0.15, 0.2) is 0 Å². The third-order valence-electron chi connectivity index (χ3n) is 11.1. The van der Waals surface area contributed by atoms with Gasteiger partial charge in [0.05, 0.1) is 42.5 Å². The summed E-state index contributed by atoms with van der Waals surface area (Å²) in [5.41, 5.74) is 3.95. The molecule has 6 atom stereocenters. The van der Waals surface area contributed by atoms with Crippen LogP contribution in [0.4, 0.5) is 10.1 Å². The number of benzene rings is 4. The van der Waals surface area contributed by atoms with Gasteiger partial charge >= 0.3 is 0 Å². The zero-order valence-electron chi connectivity index (χ0n) is 27.5. The van der Waals surface area contributed by atoms with E-state index in [-0.39, 0.29) is 37.0 Å². The zero-order valence-corrected chi connectivity index (χ0v) is 28.2. The maximum absolute atomic E-state index is 15.2. The van der Waals surface area contributed by atoms with Crippen molar-refractivity contribution < 1.29 is 33.4 Å². The standard InChI is InChI=1S/C40H33ClFN3O6/c1-51-27-15-18-33(46)31(19-27)35-28-16-17-29-34(38(49)44(36(29)47)21-22-5-3-2-4-6-22)30(28)20-32-37(48)45(43-26-13-11-25(42)12-14-26)39(50)40(32,35)23-7-9-24(41)10-8-23/h2-16,18-19,29-30,32,34-35,43,46H,17,20-21H2,1H3/t29-,30+,32-,34-,35+,40+/m0/s1. The second-order valence-electron chi connectivity index (χ2n) is 13.5. The van der Waals surface area contributed by atoms with Crippen LogP contribution in [-0.4, -0.2) is 45.8 Å². The van der Waals surface area contributed by atoms with Crippen molar-refractivity contribution in [2.75, 3.05) is 12.5 Å². The van der Waals surface area contributed by atoms with Crippen LogP contribution in [0.15, 0.2) is 109 Å².